The zero-order valence-electron chi connectivity index (χ0n) is 8.40. The predicted octanol–water partition coefficient (Wildman–Crippen LogP) is 1.10. The van der Waals surface area contributed by atoms with E-state index >= 15 is 0 Å². The number of rotatable bonds is 4. The number of halogens is 1. The number of carbonyl (C=O) groups is 1. The van der Waals surface area contributed by atoms with Crippen LogP contribution in [0.2, 0.25) is 0 Å². The number of nitrogens with zero attached hydrogens (tertiary/aromatic N) is 3. The highest BCUT2D eigenvalue weighted by Crippen LogP contribution is 2.01. The van der Waals surface area contributed by atoms with Crippen LogP contribution in [0.5, 0.6) is 0 Å². The van der Waals surface area contributed by atoms with Gasteiger partial charge >= 0.3 is 0 Å². The fourth-order valence-corrected chi connectivity index (χ4v) is 1.30. The number of hydrogen-bond acceptors (Lipinski definition) is 2. The van der Waals surface area contributed by atoms with Gasteiger partial charge in [-0.3, -0.25) is 9.48 Å². The smallest absolute Gasteiger partial charge is 0.237 e. The third kappa shape index (κ3) is 2.73. The summed E-state index contributed by atoms with van der Waals surface area (Å²) in [7, 11) is 1.72. The minimum absolute atomic E-state index is 0.0188. The van der Waals surface area contributed by atoms with Crippen LogP contribution in [0.4, 0.5) is 0 Å². The van der Waals surface area contributed by atoms with Crippen molar-refractivity contribution < 1.29 is 4.79 Å². The van der Waals surface area contributed by atoms with Gasteiger partial charge in [0.15, 0.2) is 0 Å². The van der Waals surface area contributed by atoms with Gasteiger partial charge in [-0.15, -0.1) is 11.6 Å². The van der Waals surface area contributed by atoms with Crippen molar-refractivity contribution >= 4 is 17.5 Å². The highest BCUT2D eigenvalue weighted by atomic mass is 35.5. The molecule has 0 spiro atoms. The Kier molecular flexibility index (Phi) is 3.95. The minimum Gasteiger partial charge on any atom is -0.339 e. The third-order valence-corrected chi connectivity index (χ3v) is 2.19. The van der Waals surface area contributed by atoms with E-state index in [2.05, 4.69) is 5.10 Å². The topological polar surface area (TPSA) is 38.1 Å². The molecule has 0 aromatic carbocycles. The number of alkyl halides is 1. The first-order valence-corrected chi connectivity index (χ1v) is 5.03. The first-order chi connectivity index (χ1) is 6.67. The van der Waals surface area contributed by atoms with Crippen molar-refractivity contribution in [3.05, 3.63) is 18.0 Å². The maximum Gasteiger partial charge on any atom is 0.237 e. The van der Waals surface area contributed by atoms with Gasteiger partial charge in [-0.2, -0.15) is 5.10 Å². The summed E-state index contributed by atoms with van der Waals surface area (Å²) in [5.41, 5.74) is 0.882. The van der Waals surface area contributed by atoms with Gasteiger partial charge in [0.25, 0.3) is 0 Å². The molecule has 0 N–H and O–H groups in total. The minimum atomic E-state index is -0.0854. The molecule has 0 saturated carbocycles. The molecular weight excluding hydrogens is 202 g/mol. The van der Waals surface area contributed by atoms with Gasteiger partial charge in [-0.25, -0.2) is 0 Å². The highest BCUT2D eigenvalue weighted by molar-refractivity contribution is 6.27. The van der Waals surface area contributed by atoms with E-state index in [4.69, 9.17) is 11.6 Å². The van der Waals surface area contributed by atoms with Crippen molar-refractivity contribution in [2.75, 3.05) is 12.9 Å². The monoisotopic (exact) mass is 215 g/mol. The van der Waals surface area contributed by atoms with Crippen molar-refractivity contribution in [2.45, 2.75) is 20.0 Å². The Bertz CT molecular complexity index is 311. The fourth-order valence-electron chi connectivity index (χ4n) is 1.10. The lowest BCUT2D eigenvalue weighted by atomic mass is 10.4. The molecule has 1 aromatic rings. The quantitative estimate of drug-likeness (QED) is 0.706. The molecule has 1 amide bonds. The average molecular weight is 216 g/mol. The Morgan fingerprint density at radius 1 is 1.71 bits per heavy atom. The van der Waals surface area contributed by atoms with Crippen molar-refractivity contribution in [1.82, 2.24) is 14.7 Å². The molecule has 0 aliphatic heterocycles. The second kappa shape index (κ2) is 5.00. The van der Waals surface area contributed by atoms with Crippen LogP contribution in [0.15, 0.2) is 12.3 Å². The molecule has 4 nitrogen and oxygen atoms in total. The summed E-state index contributed by atoms with van der Waals surface area (Å²) >= 11 is 5.43. The molecule has 1 rings (SSSR count). The molecule has 0 radical (unpaired) electrons. The molecule has 0 bridgehead atoms. The van der Waals surface area contributed by atoms with E-state index in [0.717, 1.165) is 12.2 Å². The van der Waals surface area contributed by atoms with Crippen LogP contribution in [0.25, 0.3) is 0 Å². The van der Waals surface area contributed by atoms with E-state index in [9.17, 15) is 4.79 Å². The van der Waals surface area contributed by atoms with Gasteiger partial charge in [-0.05, 0) is 13.0 Å². The van der Waals surface area contributed by atoms with Gasteiger partial charge < -0.3 is 4.90 Å². The van der Waals surface area contributed by atoms with Crippen molar-refractivity contribution in [1.29, 1.82) is 0 Å². The van der Waals surface area contributed by atoms with Crippen LogP contribution < -0.4 is 0 Å². The van der Waals surface area contributed by atoms with E-state index in [1.54, 1.807) is 11.9 Å². The Labute approximate surface area is 88.5 Å². The summed E-state index contributed by atoms with van der Waals surface area (Å²) in [5, 5.41) is 4.27. The molecule has 78 valence electrons. The van der Waals surface area contributed by atoms with Crippen molar-refractivity contribution in [3.8, 4) is 0 Å². The summed E-state index contributed by atoms with van der Waals surface area (Å²) in [6, 6.07) is 1.90. The zero-order chi connectivity index (χ0) is 10.6. The SMILES string of the molecule is CCn1ccc(CN(C)C(=O)CCl)n1. The van der Waals surface area contributed by atoms with Crippen LogP contribution in [0, 0.1) is 0 Å². The van der Waals surface area contributed by atoms with Crippen LogP contribution in [0.1, 0.15) is 12.6 Å². The summed E-state index contributed by atoms with van der Waals surface area (Å²) in [4.78, 5) is 12.7. The molecule has 0 saturated heterocycles. The van der Waals surface area contributed by atoms with Gasteiger partial charge in [0.2, 0.25) is 5.91 Å². The highest BCUT2D eigenvalue weighted by Gasteiger charge is 2.08. The molecule has 1 heterocycles. The maximum absolute atomic E-state index is 11.2. The first-order valence-electron chi connectivity index (χ1n) is 4.49. The second-order valence-corrected chi connectivity index (χ2v) is 3.31. The number of carbonyl (C=O) groups excluding carboxylic acids is 1. The molecule has 5 heteroatoms. The summed E-state index contributed by atoms with van der Waals surface area (Å²) in [6.07, 6.45) is 1.90. The fraction of sp³-hybridized carbons (Fsp3) is 0.556. The molecule has 14 heavy (non-hydrogen) atoms. The summed E-state index contributed by atoms with van der Waals surface area (Å²) < 4.78 is 1.83. The number of amides is 1. The molecule has 1 aromatic heterocycles. The number of aromatic nitrogens is 2. The molecule has 0 fully saturated rings. The lowest BCUT2D eigenvalue weighted by molar-refractivity contribution is -0.127. The van der Waals surface area contributed by atoms with Crippen molar-refractivity contribution in [3.63, 3.8) is 0 Å². The van der Waals surface area contributed by atoms with Crippen LogP contribution in [-0.2, 0) is 17.9 Å². The molecule has 0 aliphatic carbocycles. The summed E-state index contributed by atoms with van der Waals surface area (Å²) in [6.45, 7) is 3.37. The van der Waals surface area contributed by atoms with Crippen LogP contribution >= 0.6 is 11.6 Å². The second-order valence-electron chi connectivity index (χ2n) is 3.05. The first kappa shape index (κ1) is 11.0. The number of aryl methyl sites for hydroxylation is 1. The molecular formula is C9H14ClN3O. The molecule has 0 aliphatic rings. The lowest BCUT2D eigenvalue weighted by Gasteiger charge is -2.13. The third-order valence-electron chi connectivity index (χ3n) is 1.96. The van der Waals surface area contributed by atoms with Gasteiger partial charge in [0.1, 0.15) is 5.88 Å². The average Bonchev–Trinajstić information content (AvgIpc) is 2.64. The number of hydrogen-bond donors (Lipinski definition) is 0. The normalized spacial score (nSPS) is 10.2. The van der Waals surface area contributed by atoms with Crippen LogP contribution in [0.3, 0.4) is 0 Å². The maximum atomic E-state index is 11.2. The lowest BCUT2D eigenvalue weighted by Crippen LogP contribution is -2.27. The molecule has 0 unspecified atom stereocenters. The largest absolute Gasteiger partial charge is 0.339 e. The van der Waals surface area contributed by atoms with E-state index in [-0.39, 0.29) is 11.8 Å². The van der Waals surface area contributed by atoms with Gasteiger partial charge in [-0.1, -0.05) is 0 Å². The van der Waals surface area contributed by atoms with E-state index < -0.39 is 0 Å². The van der Waals surface area contributed by atoms with Crippen LogP contribution in [-0.4, -0.2) is 33.5 Å². The van der Waals surface area contributed by atoms with Gasteiger partial charge in [0, 0.05) is 19.8 Å². The van der Waals surface area contributed by atoms with E-state index in [0.29, 0.717) is 6.54 Å². The molecule has 0 atom stereocenters. The van der Waals surface area contributed by atoms with Crippen molar-refractivity contribution in [2.24, 2.45) is 0 Å². The van der Waals surface area contributed by atoms with Gasteiger partial charge in [0.05, 0.1) is 12.2 Å². The Hall–Kier alpha value is -1.03. The zero-order valence-corrected chi connectivity index (χ0v) is 9.16. The Morgan fingerprint density at radius 2 is 2.43 bits per heavy atom. The Morgan fingerprint density at radius 3 is 2.93 bits per heavy atom. The van der Waals surface area contributed by atoms with E-state index in [1.165, 1.54) is 0 Å². The van der Waals surface area contributed by atoms with E-state index in [1.807, 2.05) is 23.9 Å². The predicted molar refractivity (Wildman–Crippen MR) is 55.1 cm³/mol. The Balaban J connectivity index is 2.55. The standard InChI is InChI=1S/C9H14ClN3O/c1-3-13-5-4-8(11-13)7-12(2)9(14)6-10/h4-5H,3,6-7H2,1-2H3. The summed E-state index contributed by atoms with van der Waals surface area (Å²) in [5.74, 6) is -0.0666.